The predicted molar refractivity (Wildman–Crippen MR) is 79.9 cm³/mol. The first-order chi connectivity index (χ1) is 9.29. The maximum absolute atomic E-state index is 12.3. The Hall–Kier alpha value is -1.52. The fraction of sp³-hybridized carbons (Fsp3) is 0.200. The van der Waals surface area contributed by atoms with Crippen LogP contribution in [0.1, 0.15) is 16.7 Å². The molecule has 2 aromatic carbocycles. The number of hydrogen-bond acceptors (Lipinski definition) is 3. The minimum atomic E-state index is -3.84. The highest BCUT2D eigenvalue weighted by Gasteiger charge is 2.19. The topological polar surface area (TPSA) is 43.4 Å². The molecule has 0 aliphatic rings. The zero-order valence-corrected chi connectivity index (χ0v) is 13.0. The van der Waals surface area contributed by atoms with Crippen LogP contribution < -0.4 is 4.18 Å². The molecule has 0 atom stereocenters. The molecule has 0 bridgehead atoms. The van der Waals surface area contributed by atoms with E-state index in [-0.39, 0.29) is 10.6 Å². The number of hydrogen-bond donors (Lipinski definition) is 0. The van der Waals surface area contributed by atoms with Gasteiger partial charge in [0.25, 0.3) is 0 Å². The van der Waals surface area contributed by atoms with Crippen molar-refractivity contribution >= 4 is 21.7 Å². The van der Waals surface area contributed by atoms with Crippen molar-refractivity contribution in [3.63, 3.8) is 0 Å². The van der Waals surface area contributed by atoms with Gasteiger partial charge in [0.05, 0.1) is 0 Å². The first-order valence-corrected chi connectivity index (χ1v) is 7.86. The molecule has 0 spiro atoms. The molecule has 0 aliphatic heterocycles. The van der Waals surface area contributed by atoms with E-state index in [0.29, 0.717) is 10.6 Å². The van der Waals surface area contributed by atoms with Crippen LogP contribution in [0.3, 0.4) is 0 Å². The molecule has 0 fully saturated rings. The summed E-state index contributed by atoms with van der Waals surface area (Å²) in [4.78, 5) is 0.185. The van der Waals surface area contributed by atoms with Crippen LogP contribution in [0.4, 0.5) is 0 Å². The highest BCUT2D eigenvalue weighted by molar-refractivity contribution is 7.87. The summed E-state index contributed by atoms with van der Waals surface area (Å²) in [5, 5.41) is 0.571. The van der Waals surface area contributed by atoms with Crippen molar-refractivity contribution in [2.24, 2.45) is 0 Å². The molecule has 0 aromatic heterocycles. The van der Waals surface area contributed by atoms with E-state index < -0.39 is 10.1 Å². The molecule has 0 unspecified atom stereocenters. The summed E-state index contributed by atoms with van der Waals surface area (Å²) in [6, 6.07) is 9.99. The fourth-order valence-electron chi connectivity index (χ4n) is 1.82. The van der Waals surface area contributed by atoms with E-state index in [1.165, 1.54) is 6.07 Å². The zero-order chi connectivity index (χ0) is 14.9. The first kappa shape index (κ1) is 14.9. The van der Waals surface area contributed by atoms with E-state index in [2.05, 4.69) is 0 Å². The maximum atomic E-state index is 12.3. The third-order valence-electron chi connectivity index (χ3n) is 2.95. The predicted octanol–water partition coefficient (Wildman–Crippen LogP) is 4.03. The Kier molecular flexibility index (Phi) is 4.06. The van der Waals surface area contributed by atoms with Gasteiger partial charge in [0.1, 0.15) is 10.6 Å². The van der Waals surface area contributed by atoms with Crippen LogP contribution in [-0.4, -0.2) is 8.42 Å². The Morgan fingerprint density at radius 3 is 2.30 bits per heavy atom. The Morgan fingerprint density at radius 1 is 0.950 bits per heavy atom. The summed E-state index contributed by atoms with van der Waals surface area (Å²) < 4.78 is 29.8. The summed E-state index contributed by atoms with van der Waals surface area (Å²) in [5.41, 5.74) is 2.28. The minimum Gasteiger partial charge on any atom is -0.379 e. The molecule has 2 rings (SSSR count). The van der Waals surface area contributed by atoms with E-state index in [1.807, 2.05) is 13.0 Å². The summed E-state index contributed by atoms with van der Waals surface area (Å²) in [6.07, 6.45) is 0. The number of benzene rings is 2. The molecule has 20 heavy (non-hydrogen) atoms. The van der Waals surface area contributed by atoms with E-state index in [9.17, 15) is 8.42 Å². The number of aryl methyl sites for hydroxylation is 3. The first-order valence-electron chi connectivity index (χ1n) is 6.07. The Bertz CT molecular complexity index is 752. The lowest BCUT2D eigenvalue weighted by molar-refractivity contribution is 0.485. The second-order valence-electron chi connectivity index (χ2n) is 4.72. The van der Waals surface area contributed by atoms with Crippen LogP contribution in [0.15, 0.2) is 41.3 Å². The van der Waals surface area contributed by atoms with Crippen LogP contribution in [0.2, 0.25) is 5.02 Å². The summed E-state index contributed by atoms with van der Waals surface area (Å²) in [7, 11) is -3.84. The molecule has 5 heteroatoms. The number of rotatable bonds is 3. The Labute approximate surface area is 124 Å². The van der Waals surface area contributed by atoms with Gasteiger partial charge >= 0.3 is 10.1 Å². The van der Waals surface area contributed by atoms with Crippen molar-refractivity contribution in [2.45, 2.75) is 25.7 Å². The lowest BCUT2D eigenvalue weighted by Gasteiger charge is -2.11. The highest BCUT2D eigenvalue weighted by Crippen LogP contribution is 2.25. The normalized spacial score (nSPS) is 11.4. The van der Waals surface area contributed by atoms with Gasteiger partial charge in [-0.25, -0.2) is 0 Å². The molecule has 0 N–H and O–H groups in total. The monoisotopic (exact) mass is 310 g/mol. The van der Waals surface area contributed by atoms with Gasteiger partial charge in [-0.15, -0.1) is 0 Å². The van der Waals surface area contributed by atoms with Crippen molar-refractivity contribution < 1.29 is 12.6 Å². The van der Waals surface area contributed by atoms with Crippen LogP contribution in [0.5, 0.6) is 5.75 Å². The molecule has 0 saturated carbocycles. The lowest BCUT2D eigenvalue weighted by atomic mass is 10.2. The fourth-order valence-corrected chi connectivity index (χ4v) is 3.17. The van der Waals surface area contributed by atoms with Crippen LogP contribution >= 0.6 is 11.6 Å². The standard InChI is InChI=1S/C15H15ClO3S/c1-10-4-5-11(2)15(8-10)20(17,18)19-13-6-7-14(16)12(3)9-13/h4-9H,1-3H3. The second-order valence-corrected chi connectivity index (χ2v) is 6.64. The van der Waals surface area contributed by atoms with Crippen LogP contribution in [-0.2, 0) is 10.1 Å². The lowest BCUT2D eigenvalue weighted by Crippen LogP contribution is -2.11. The molecular weight excluding hydrogens is 296 g/mol. The van der Waals surface area contributed by atoms with Gasteiger partial charge in [-0.1, -0.05) is 23.7 Å². The molecule has 0 aliphatic carbocycles. The zero-order valence-electron chi connectivity index (χ0n) is 11.5. The molecule has 106 valence electrons. The molecule has 0 radical (unpaired) electrons. The Morgan fingerprint density at radius 2 is 1.65 bits per heavy atom. The minimum absolute atomic E-state index is 0.185. The summed E-state index contributed by atoms with van der Waals surface area (Å²) >= 11 is 5.91. The third kappa shape index (κ3) is 3.14. The van der Waals surface area contributed by atoms with E-state index in [0.717, 1.165) is 11.1 Å². The van der Waals surface area contributed by atoms with Gasteiger partial charge in [0, 0.05) is 5.02 Å². The van der Waals surface area contributed by atoms with Crippen molar-refractivity contribution in [3.05, 3.63) is 58.1 Å². The van der Waals surface area contributed by atoms with Gasteiger partial charge in [0.15, 0.2) is 0 Å². The third-order valence-corrected chi connectivity index (χ3v) is 4.76. The summed E-state index contributed by atoms with van der Waals surface area (Å²) in [5.74, 6) is 0.257. The van der Waals surface area contributed by atoms with Crippen LogP contribution in [0, 0.1) is 20.8 Å². The quantitative estimate of drug-likeness (QED) is 0.804. The highest BCUT2D eigenvalue weighted by atomic mass is 35.5. The average molecular weight is 311 g/mol. The molecule has 3 nitrogen and oxygen atoms in total. The van der Waals surface area contributed by atoms with Gasteiger partial charge in [-0.05, 0) is 61.7 Å². The largest absolute Gasteiger partial charge is 0.379 e. The molecule has 0 amide bonds. The van der Waals surface area contributed by atoms with E-state index >= 15 is 0 Å². The molecule has 0 saturated heterocycles. The summed E-state index contributed by atoms with van der Waals surface area (Å²) in [6.45, 7) is 5.37. The van der Waals surface area contributed by atoms with E-state index in [4.69, 9.17) is 15.8 Å². The van der Waals surface area contributed by atoms with Crippen molar-refractivity contribution in [1.82, 2.24) is 0 Å². The second kappa shape index (κ2) is 5.46. The van der Waals surface area contributed by atoms with Crippen molar-refractivity contribution in [2.75, 3.05) is 0 Å². The van der Waals surface area contributed by atoms with Crippen molar-refractivity contribution in [3.8, 4) is 5.75 Å². The maximum Gasteiger partial charge on any atom is 0.339 e. The van der Waals surface area contributed by atoms with Crippen LogP contribution in [0.25, 0.3) is 0 Å². The molecule has 0 heterocycles. The van der Waals surface area contributed by atoms with Gasteiger partial charge in [0.2, 0.25) is 0 Å². The van der Waals surface area contributed by atoms with Gasteiger partial charge < -0.3 is 4.18 Å². The smallest absolute Gasteiger partial charge is 0.339 e. The van der Waals surface area contributed by atoms with Crippen molar-refractivity contribution in [1.29, 1.82) is 0 Å². The molecule has 2 aromatic rings. The Balaban J connectivity index is 2.40. The molecular formula is C15H15ClO3S. The van der Waals surface area contributed by atoms with Gasteiger partial charge in [-0.3, -0.25) is 0 Å². The van der Waals surface area contributed by atoms with Gasteiger partial charge in [-0.2, -0.15) is 8.42 Å². The SMILES string of the molecule is Cc1ccc(C)c(S(=O)(=O)Oc2ccc(Cl)c(C)c2)c1. The average Bonchev–Trinajstić information content (AvgIpc) is 2.36. The number of halogens is 1. The van der Waals surface area contributed by atoms with E-state index in [1.54, 1.807) is 38.1 Å².